The molecule has 0 radical (unpaired) electrons. The van der Waals surface area contributed by atoms with Crippen LogP contribution in [0.5, 0.6) is 0 Å². The molecule has 2 aliphatic rings. The highest BCUT2D eigenvalue weighted by Gasteiger charge is 2.44. The molecule has 1 amide bonds. The van der Waals surface area contributed by atoms with E-state index in [0.717, 1.165) is 17.1 Å². The first-order valence-corrected chi connectivity index (χ1v) is 10.3. The maximum atomic E-state index is 13.2. The van der Waals surface area contributed by atoms with Crippen molar-refractivity contribution in [3.8, 4) is 0 Å². The van der Waals surface area contributed by atoms with Gasteiger partial charge in [-0.2, -0.15) is 0 Å². The summed E-state index contributed by atoms with van der Waals surface area (Å²) in [5.74, 6) is 0.776. The number of carbonyl (C=O) groups is 1. The molecular formula is C25H22ClNO. The van der Waals surface area contributed by atoms with Crippen molar-refractivity contribution in [3.05, 3.63) is 89.0 Å². The van der Waals surface area contributed by atoms with Gasteiger partial charge in [0.15, 0.2) is 0 Å². The number of fused-ring (bicyclic) bond motifs is 4. The number of carbonyl (C=O) groups excluding carboxylic acids is 1. The summed E-state index contributed by atoms with van der Waals surface area (Å²) in [7, 11) is 0. The molecule has 0 saturated heterocycles. The van der Waals surface area contributed by atoms with Gasteiger partial charge in [0, 0.05) is 23.0 Å². The lowest BCUT2D eigenvalue weighted by molar-refractivity contribution is -0.119. The normalized spacial score (nSPS) is 22.9. The van der Waals surface area contributed by atoms with Crippen molar-refractivity contribution < 1.29 is 4.79 Å². The molecule has 28 heavy (non-hydrogen) atoms. The van der Waals surface area contributed by atoms with Crippen molar-refractivity contribution in [3.63, 3.8) is 0 Å². The summed E-state index contributed by atoms with van der Waals surface area (Å²) in [6.45, 7) is 1.94. The van der Waals surface area contributed by atoms with Crippen LogP contribution in [-0.2, 0) is 4.79 Å². The molecule has 0 unspecified atom stereocenters. The Morgan fingerprint density at radius 1 is 1.07 bits per heavy atom. The largest absolute Gasteiger partial charge is 0.304 e. The summed E-state index contributed by atoms with van der Waals surface area (Å²) in [4.78, 5) is 15.2. The van der Waals surface area contributed by atoms with Gasteiger partial charge >= 0.3 is 0 Å². The molecule has 3 aromatic rings. The zero-order valence-electron chi connectivity index (χ0n) is 15.8. The van der Waals surface area contributed by atoms with E-state index in [1.807, 2.05) is 30.0 Å². The SMILES string of the molecule is CCC(=O)N1c2ccc(Cl)cc2[C@@H]2C=CC[C@H]2[C@H]1c1cccc2ccccc12. The molecule has 0 saturated carbocycles. The molecule has 0 N–H and O–H groups in total. The minimum atomic E-state index is 0.0206. The first-order chi connectivity index (χ1) is 13.7. The first kappa shape index (κ1) is 17.5. The molecule has 1 heterocycles. The Morgan fingerprint density at radius 3 is 2.75 bits per heavy atom. The van der Waals surface area contributed by atoms with Gasteiger partial charge in [-0.15, -0.1) is 0 Å². The third-order valence-electron chi connectivity index (χ3n) is 6.22. The quantitative estimate of drug-likeness (QED) is 0.450. The molecule has 3 aromatic carbocycles. The fraction of sp³-hybridized carbons (Fsp3) is 0.240. The molecule has 1 aliphatic heterocycles. The number of halogens is 1. The number of allylic oxidation sites excluding steroid dienone is 2. The van der Waals surface area contributed by atoms with E-state index in [1.54, 1.807) is 0 Å². The molecular weight excluding hydrogens is 366 g/mol. The molecule has 5 rings (SSSR count). The predicted molar refractivity (Wildman–Crippen MR) is 116 cm³/mol. The number of benzene rings is 3. The average molecular weight is 388 g/mol. The maximum absolute atomic E-state index is 13.2. The summed E-state index contributed by atoms with van der Waals surface area (Å²) in [5, 5.41) is 3.17. The van der Waals surface area contributed by atoms with E-state index in [0.29, 0.717) is 18.3 Å². The van der Waals surface area contributed by atoms with Crippen molar-refractivity contribution in [2.24, 2.45) is 5.92 Å². The molecule has 140 valence electrons. The second kappa shape index (κ2) is 6.79. The lowest BCUT2D eigenvalue weighted by Gasteiger charge is -2.45. The van der Waals surface area contributed by atoms with Crippen LogP contribution in [0.3, 0.4) is 0 Å². The summed E-state index contributed by atoms with van der Waals surface area (Å²) in [5.41, 5.74) is 3.41. The van der Waals surface area contributed by atoms with Crippen LogP contribution < -0.4 is 4.90 Å². The van der Waals surface area contributed by atoms with Crippen molar-refractivity contribution in [2.45, 2.75) is 31.7 Å². The van der Waals surface area contributed by atoms with Crippen molar-refractivity contribution >= 4 is 34.0 Å². The Hall–Kier alpha value is -2.58. The number of rotatable bonds is 2. The Morgan fingerprint density at radius 2 is 1.89 bits per heavy atom. The van der Waals surface area contributed by atoms with Crippen LogP contribution in [0.1, 0.15) is 42.9 Å². The van der Waals surface area contributed by atoms with Crippen LogP contribution in [0.2, 0.25) is 5.02 Å². The van der Waals surface area contributed by atoms with E-state index < -0.39 is 0 Å². The summed E-state index contributed by atoms with van der Waals surface area (Å²) < 4.78 is 0. The highest BCUT2D eigenvalue weighted by molar-refractivity contribution is 6.30. The van der Waals surface area contributed by atoms with Gasteiger partial charge in [-0.05, 0) is 52.4 Å². The van der Waals surface area contributed by atoms with Crippen molar-refractivity contribution in [1.29, 1.82) is 0 Å². The van der Waals surface area contributed by atoms with Gasteiger partial charge in [0.1, 0.15) is 0 Å². The van der Waals surface area contributed by atoms with Crippen LogP contribution in [0.15, 0.2) is 72.8 Å². The second-order valence-corrected chi connectivity index (χ2v) is 8.12. The number of hydrogen-bond acceptors (Lipinski definition) is 1. The molecule has 0 spiro atoms. The Kier molecular flexibility index (Phi) is 4.25. The highest BCUT2D eigenvalue weighted by Crippen LogP contribution is 2.54. The first-order valence-electron chi connectivity index (χ1n) is 9.95. The van der Waals surface area contributed by atoms with Gasteiger partial charge in [0.2, 0.25) is 5.91 Å². The fourth-order valence-electron chi connectivity index (χ4n) is 5.02. The van der Waals surface area contributed by atoms with Gasteiger partial charge in [-0.25, -0.2) is 0 Å². The summed E-state index contributed by atoms with van der Waals surface area (Å²) in [6.07, 6.45) is 6.01. The molecule has 3 heteroatoms. The third kappa shape index (κ3) is 2.59. The summed E-state index contributed by atoms with van der Waals surface area (Å²) >= 11 is 6.33. The van der Waals surface area contributed by atoms with Crippen molar-refractivity contribution in [1.82, 2.24) is 0 Å². The van der Waals surface area contributed by atoms with Crippen LogP contribution in [0, 0.1) is 5.92 Å². The van der Waals surface area contributed by atoms with Crippen LogP contribution in [0.25, 0.3) is 10.8 Å². The van der Waals surface area contributed by atoms with E-state index in [1.165, 1.54) is 21.9 Å². The molecule has 3 atom stereocenters. The number of amides is 1. The van der Waals surface area contributed by atoms with Crippen molar-refractivity contribution in [2.75, 3.05) is 4.90 Å². The molecule has 0 bridgehead atoms. The van der Waals surface area contributed by atoms with E-state index in [2.05, 4.69) is 54.6 Å². The molecule has 2 nitrogen and oxygen atoms in total. The minimum absolute atomic E-state index is 0.0206. The maximum Gasteiger partial charge on any atom is 0.227 e. The Bertz CT molecular complexity index is 1100. The second-order valence-electron chi connectivity index (χ2n) is 7.69. The van der Waals surface area contributed by atoms with Crippen LogP contribution >= 0.6 is 11.6 Å². The van der Waals surface area contributed by atoms with Gasteiger partial charge in [0.25, 0.3) is 0 Å². The predicted octanol–water partition coefficient (Wildman–Crippen LogP) is 6.65. The smallest absolute Gasteiger partial charge is 0.227 e. The third-order valence-corrected chi connectivity index (χ3v) is 6.45. The molecule has 0 fully saturated rings. The molecule has 0 aromatic heterocycles. The molecule has 1 aliphatic carbocycles. The van der Waals surface area contributed by atoms with Gasteiger partial charge in [0.05, 0.1) is 6.04 Å². The number of hydrogen-bond donors (Lipinski definition) is 0. The number of nitrogens with zero attached hydrogens (tertiary/aromatic N) is 1. The lowest BCUT2D eigenvalue weighted by Crippen LogP contribution is -2.43. The topological polar surface area (TPSA) is 20.3 Å². The Balaban J connectivity index is 1.78. The Labute approximate surface area is 170 Å². The van der Waals surface area contributed by atoms with E-state index >= 15 is 0 Å². The number of anilines is 1. The minimum Gasteiger partial charge on any atom is -0.304 e. The monoisotopic (exact) mass is 387 g/mol. The zero-order chi connectivity index (χ0) is 19.3. The zero-order valence-corrected chi connectivity index (χ0v) is 16.6. The van der Waals surface area contributed by atoms with Gasteiger partial charge < -0.3 is 4.90 Å². The summed E-state index contributed by atoms with van der Waals surface area (Å²) in [6, 6.07) is 20.9. The van der Waals surface area contributed by atoms with E-state index in [-0.39, 0.29) is 11.9 Å². The van der Waals surface area contributed by atoms with Gasteiger partial charge in [-0.1, -0.05) is 73.1 Å². The fourth-order valence-corrected chi connectivity index (χ4v) is 5.20. The van der Waals surface area contributed by atoms with E-state index in [9.17, 15) is 4.79 Å². The van der Waals surface area contributed by atoms with E-state index in [4.69, 9.17) is 11.6 Å². The average Bonchev–Trinajstić information content (AvgIpc) is 3.22. The highest BCUT2D eigenvalue weighted by atomic mass is 35.5. The van der Waals surface area contributed by atoms with Crippen LogP contribution in [0.4, 0.5) is 5.69 Å². The van der Waals surface area contributed by atoms with Crippen LogP contribution in [-0.4, -0.2) is 5.91 Å². The lowest BCUT2D eigenvalue weighted by atomic mass is 9.74. The standard InChI is InChI=1S/C25H22ClNO/c1-2-24(28)27-23-14-13-17(26)15-22(23)19-10-6-12-21(19)25(27)20-11-5-8-16-7-3-4-9-18(16)20/h3-11,13-15,19,21,25H,2,12H2,1H3/t19-,21-,25-/m1/s1. The van der Waals surface area contributed by atoms with Gasteiger partial charge in [-0.3, -0.25) is 4.79 Å².